The molecule has 8 heteroatoms. The molecule has 136 valence electrons. The van der Waals surface area contributed by atoms with Crippen LogP contribution in [0.4, 0.5) is 0 Å². The Morgan fingerprint density at radius 2 is 2.04 bits per heavy atom. The van der Waals surface area contributed by atoms with Crippen LogP contribution in [0.5, 0.6) is 0 Å². The monoisotopic (exact) mass is 358 g/mol. The summed E-state index contributed by atoms with van der Waals surface area (Å²) in [6.07, 6.45) is 3.33. The fraction of sp³-hybridized carbons (Fsp3) is 0.812. The van der Waals surface area contributed by atoms with E-state index in [1.165, 1.54) is 0 Å². The van der Waals surface area contributed by atoms with Crippen molar-refractivity contribution in [2.24, 2.45) is 17.1 Å². The van der Waals surface area contributed by atoms with E-state index in [-0.39, 0.29) is 30.3 Å². The lowest BCUT2D eigenvalue weighted by atomic mass is 9.83. The Morgan fingerprint density at radius 3 is 2.62 bits per heavy atom. The minimum Gasteiger partial charge on any atom is -0.369 e. The van der Waals surface area contributed by atoms with E-state index in [0.29, 0.717) is 38.3 Å². The van der Waals surface area contributed by atoms with Crippen LogP contribution in [0.2, 0.25) is 0 Å². The Hall–Kier alpha value is -1.34. The third-order valence-corrected chi connectivity index (χ3v) is 5.66. The summed E-state index contributed by atoms with van der Waals surface area (Å²) >= 11 is 0. The van der Waals surface area contributed by atoms with Gasteiger partial charge in [-0.05, 0) is 38.6 Å². The van der Waals surface area contributed by atoms with E-state index < -0.39 is 11.3 Å². The highest BCUT2D eigenvalue weighted by atomic mass is 35.5. The van der Waals surface area contributed by atoms with Crippen molar-refractivity contribution in [3.63, 3.8) is 0 Å². The van der Waals surface area contributed by atoms with Crippen LogP contribution < -0.4 is 11.1 Å². The molecule has 3 rings (SSSR count). The maximum Gasteiger partial charge on any atom is 0.238 e. The summed E-state index contributed by atoms with van der Waals surface area (Å²) in [6, 6.07) is 0.220. The van der Waals surface area contributed by atoms with Crippen molar-refractivity contribution in [3.8, 4) is 0 Å². The largest absolute Gasteiger partial charge is 0.369 e. The van der Waals surface area contributed by atoms with Gasteiger partial charge in [0.05, 0.1) is 0 Å². The number of likely N-dealkylation sites (N-methyl/N-ethyl adjacent to an activating group) is 1. The van der Waals surface area contributed by atoms with Crippen molar-refractivity contribution in [2.75, 3.05) is 33.2 Å². The molecule has 1 saturated carbocycles. The SMILES string of the molecule is CNCCN1C(=O)CC[C@H]2CN(C(=O)C3(C(N)=O)CC3)CC[C@H]21.Cl. The standard InChI is InChI=1S/C16H26N4O3.ClH/c1-18-7-9-20-12-4-8-19(10-11(12)2-3-13(20)21)15(23)16(5-6-16)14(17)22;/h11-12,18H,2-10H2,1H3,(H2,17,22);1H/t11-,12+;/m0./s1. The second-order valence-corrected chi connectivity index (χ2v) is 7.04. The maximum atomic E-state index is 12.7. The topological polar surface area (TPSA) is 95.7 Å². The molecule has 3 fully saturated rings. The van der Waals surface area contributed by atoms with Gasteiger partial charge in [-0.1, -0.05) is 0 Å². The van der Waals surface area contributed by atoms with Crippen LogP contribution in [0, 0.1) is 11.3 Å². The molecule has 2 atom stereocenters. The molecule has 24 heavy (non-hydrogen) atoms. The molecule has 2 heterocycles. The van der Waals surface area contributed by atoms with Gasteiger partial charge in [-0.25, -0.2) is 0 Å². The summed E-state index contributed by atoms with van der Waals surface area (Å²) in [5.41, 5.74) is 4.49. The van der Waals surface area contributed by atoms with Crippen LogP contribution in [0.1, 0.15) is 32.1 Å². The highest BCUT2D eigenvalue weighted by molar-refractivity contribution is 6.07. The Morgan fingerprint density at radius 1 is 1.33 bits per heavy atom. The predicted molar refractivity (Wildman–Crippen MR) is 91.5 cm³/mol. The van der Waals surface area contributed by atoms with Gasteiger partial charge >= 0.3 is 0 Å². The molecule has 2 saturated heterocycles. The molecule has 0 unspecified atom stereocenters. The van der Waals surface area contributed by atoms with Gasteiger partial charge < -0.3 is 20.9 Å². The number of carbonyl (C=O) groups is 3. The number of likely N-dealkylation sites (tertiary alicyclic amines) is 2. The van der Waals surface area contributed by atoms with E-state index in [1.807, 2.05) is 16.8 Å². The van der Waals surface area contributed by atoms with Crippen LogP contribution in [-0.2, 0) is 14.4 Å². The van der Waals surface area contributed by atoms with E-state index in [9.17, 15) is 14.4 Å². The summed E-state index contributed by atoms with van der Waals surface area (Å²) in [5.74, 6) is -0.0516. The van der Waals surface area contributed by atoms with Gasteiger partial charge in [0.2, 0.25) is 17.7 Å². The number of rotatable bonds is 5. The minimum atomic E-state index is -0.927. The number of hydrogen-bond acceptors (Lipinski definition) is 4. The second kappa shape index (κ2) is 7.27. The molecule has 0 bridgehead atoms. The number of primary amides is 1. The Balaban J connectivity index is 0.00000208. The lowest BCUT2D eigenvalue weighted by molar-refractivity contribution is -0.148. The fourth-order valence-corrected chi connectivity index (χ4v) is 4.05. The molecular formula is C16H27ClN4O3. The van der Waals surface area contributed by atoms with E-state index >= 15 is 0 Å². The minimum absolute atomic E-state index is 0. The molecule has 3 amide bonds. The van der Waals surface area contributed by atoms with Gasteiger partial charge in [0, 0.05) is 38.6 Å². The van der Waals surface area contributed by atoms with Gasteiger partial charge in [-0.15, -0.1) is 12.4 Å². The van der Waals surface area contributed by atoms with Gasteiger partial charge in [-0.2, -0.15) is 0 Å². The molecule has 7 nitrogen and oxygen atoms in total. The molecule has 1 aliphatic carbocycles. The fourth-order valence-electron chi connectivity index (χ4n) is 4.05. The Kier molecular flexibility index (Phi) is 5.75. The zero-order chi connectivity index (χ0) is 16.6. The first-order valence-corrected chi connectivity index (χ1v) is 8.53. The summed E-state index contributed by atoms with van der Waals surface area (Å²) < 4.78 is 0. The summed E-state index contributed by atoms with van der Waals surface area (Å²) in [7, 11) is 1.88. The summed E-state index contributed by atoms with van der Waals surface area (Å²) in [4.78, 5) is 40.2. The van der Waals surface area contributed by atoms with Crippen LogP contribution in [0.15, 0.2) is 0 Å². The van der Waals surface area contributed by atoms with Gasteiger partial charge in [0.25, 0.3) is 0 Å². The van der Waals surface area contributed by atoms with Crippen molar-refractivity contribution >= 4 is 30.1 Å². The molecular weight excluding hydrogens is 332 g/mol. The third-order valence-electron chi connectivity index (χ3n) is 5.66. The molecule has 0 radical (unpaired) electrons. The van der Waals surface area contributed by atoms with E-state index in [2.05, 4.69) is 5.32 Å². The highest BCUT2D eigenvalue weighted by Gasteiger charge is 2.57. The van der Waals surface area contributed by atoms with Crippen LogP contribution in [0.3, 0.4) is 0 Å². The molecule has 3 aliphatic rings. The number of nitrogens with zero attached hydrogens (tertiary/aromatic N) is 2. The molecule has 0 spiro atoms. The number of hydrogen-bond donors (Lipinski definition) is 2. The number of nitrogens with one attached hydrogen (secondary N) is 1. The van der Waals surface area contributed by atoms with Gasteiger partial charge in [0.15, 0.2) is 0 Å². The van der Waals surface area contributed by atoms with Crippen molar-refractivity contribution in [1.82, 2.24) is 15.1 Å². The number of nitrogens with two attached hydrogens (primary N) is 1. The highest BCUT2D eigenvalue weighted by Crippen LogP contribution is 2.47. The zero-order valence-electron chi connectivity index (χ0n) is 14.1. The molecule has 0 aromatic rings. The Labute approximate surface area is 148 Å². The summed E-state index contributed by atoms with van der Waals surface area (Å²) in [6.45, 7) is 2.75. The quantitative estimate of drug-likeness (QED) is 0.661. The predicted octanol–water partition coefficient (Wildman–Crippen LogP) is -0.267. The molecule has 0 aromatic carbocycles. The number of halogens is 1. The molecule has 3 N–H and O–H groups in total. The number of amides is 3. The summed E-state index contributed by atoms with van der Waals surface area (Å²) in [5, 5.41) is 3.09. The second-order valence-electron chi connectivity index (χ2n) is 7.04. The maximum absolute atomic E-state index is 12.7. The normalized spacial score (nSPS) is 28.0. The van der Waals surface area contributed by atoms with Crippen LogP contribution >= 0.6 is 12.4 Å². The Bertz CT molecular complexity index is 523. The average Bonchev–Trinajstić information content (AvgIpc) is 3.35. The lowest BCUT2D eigenvalue weighted by Gasteiger charge is -2.47. The average molecular weight is 359 g/mol. The van der Waals surface area contributed by atoms with Crippen LogP contribution in [0.25, 0.3) is 0 Å². The molecule has 2 aliphatic heterocycles. The number of piperidine rings is 2. The molecule has 0 aromatic heterocycles. The van der Waals surface area contributed by atoms with Gasteiger partial charge in [0.1, 0.15) is 5.41 Å². The van der Waals surface area contributed by atoms with Crippen molar-refractivity contribution in [3.05, 3.63) is 0 Å². The first-order chi connectivity index (χ1) is 11.0. The van der Waals surface area contributed by atoms with Crippen LogP contribution in [-0.4, -0.2) is 66.8 Å². The number of carbonyl (C=O) groups excluding carboxylic acids is 3. The van der Waals surface area contributed by atoms with Crippen molar-refractivity contribution in [2.45, 2.75) is 38.1 Å². The number of fused-ring (bicyclic) bond motifs is 1. The first-order valence-electron chi connectivity index (χ1n) is 8.53. The van der Waals surface area contributed by atoms with E-state index in [0.717, 1.165) is 25.9 Å². The van der Waals surface area contributed by atoms with Gasteiger partial charge in [-0.3, -0.25) is 14.4 Å². The van der Waals surface area contributed by atoms with Crippen molar-refractivity contribution in [1.29, 1.82) is 0 Å². The van der Waals surface area contributed by atoms with E-state index in [4.69, 9.17) is 5.73 Å². The third kappa shape index (κ3) is 3.24. The zero-order valence-corrected chi connectivity index (χ0v) is 14.9. The first kappa shape index (κ1) is 19.0. The van der Waals surface area contributed by atoms with E-state index in [1.54, 1.807) is 0 Å². The smallest absolute Gasteiger partial charge is 0.238 e. The lowest BCUT2D eigenvalue weighted by Crippen LogP contribution is -2.59. The van der Waals surface area contributed by atoms with Crippen molar-refractivity contribution < 1.29 is 14.4 Å².